The summed E-state index contributed by atoms with van der Waals surface area (Å²) < 4.78 is 0. The van der Waals surface area contributed by atoms with Gasteiger partial charge >= 0.3 is 0 Å². The maximum absolute atomic E-state index is 11.5. The van der Waals surface area contributed by atoms with Crippen molar-refractivity contribution in [1.29, 1.82) is 0 Å². The Labute approximate surface area is 93.8 Å². The Morgan fingerprint density at radius 1 is 1.20 bits per heavy atom. The van der Waals surface area contributed by atoms with Crippen LogP contribution in [0, 0.1) is 5.92 Å². The largest absolute Gasteiger partial charge is 0.354 e. The van der Waals surface area contributed by atoms with Crippen molar-refractivity contribution in [1.82, 2.24) is 5.32 Å². The summed E-state index contributed by atoms with van der Waals surface area (Å²) in [6, 6.07) is 0.298. The van der Waals surface area contributed by atoms with E-state index in [0.29, 0.717) is 18.4 Å². The Hall–Kier alpha value is -0.570. The lowest BCUT2D eigenvalue weighted by atomic mass is 10.1. The molecule has 1 amide bonds. The molecule has 3 N–H and O–H groups in total. The van der Waals surface area contributed by atoms with Crippen molar-refractivity contribution >= 4 is 5.91 Å². The van der Waals surface area contributed by atoms with E-state index in [4.69, 9.17) is 5.73 Å². The first-order chi connectivity index (χ1) is 7.06. The topological polar surface area (TPSA) is 55.1 Å². The molecule has 15 heavy (non-hydrogen) atoms. The first-order valence-electron chi connectivity index (χ1n) is 6.05. The molecule has 0 aliphatic rings. The Bertz CT molecular complexity index is 169. The Kier molecular flexibility index (Phi) is 8.38. The van der Waals surface area contributed by atoms with Gasteiger partial charge in [-0.25, -0.2) is 0 Å². The van der Waals surface area contributed by atoms with E-state index in [2.05, 4.69) is 26.1 Å². The summed E-state index contributed by atoms with van der Waals surface area (Å²) >= 11 is 0. The molecule has 3 nitrogen and oxygen atoms in total. The molecule has 0 aromatic carbocycles. The molecule has 0 bridgehead atoms. The van der Waals surface area contributed by atoms with Gasteiger partial charge in [-0.15, -0.1) is 0 Å². The second-order valence-corrected chi connectivity index (χ2v) is 4.70. The molecule has 0 heterocycles. The quantitative estimate of drug-likeness (QED) is 0.608. The molecule has 90 valence electrons. The lowest BCUT2D eigenvalue weighted by Gasteiger charge is -2.15. The number of nitrogens with one attached hydrogen (secondary N) is 1. The first-order valence-corrected chi connectivity index (χ1v) is 6.05. The average molecular weight is 214 g/mol. The molecular formula is C12H26N2O. The minimum atomic E-state index is 0.181. The Balaban J connectivity index is 3.47. The molecule has 0 spiro atoms. The maximum Gasteiger partial charge on any atom is 0.220 e. The van der Waals surface area contributed by atoms with E-state index >= 15 is 0 Å². The van der Waals surface area contributed by atoms with Gasteiger partial charge in [0.05, 0.1) is 0 Å². The molecule has 0 aromatic heterocycles. The fourth-order valence-electron chi connectivity index (χ4n) is 1.72. The zero-order chi connectivity index (χ0) is 11.7. The highest BCUT2D eigenvalue weighted by Gasteiger charge is 2.08. The minimum Gasteiger partial charge on any atom is -0.354 e. The van der Waals surface area contributed by atoms with Gasteiger partial charge in [0.2, 0.25) is 5.91 Å². The van der Waals surface area contributed by atoms with Crippen molar-refractivity contribution in [3.63, 3.8) is 0 Å². The number of nitrogens with two attached hydrogens (primary N) is 1. The van der Waals surface area contributed by atoms with Crippen molar-refractivity contribution in [3.05, 3.63) is 0 Å². The molecule has 0 radical (unpaired) electrons. The molecular weight excluding hydrogens is 188 g/mol. The predicted molar refractivity (Wildman–Crippen MR) is 64.6 cm³/mol. The molecule has 1 atom stereocenters. The molecule has 0 aromatic rings. The van der Waals surface area contributed by atoms with Gasteiger partial charge in [0.15, 0.2) is 0 Å². The van der Waals surface area contributed by atoms with Crippen LogP contribution in [0.2, 0.25) is 0 Å². The fraction of sp³-hybridized carbons (Fsp3) is 0.917. The number of rotatable bonds is 8. The second kappa shape index (κ2) is 8.72. The number of carbonyl (C=O) groups excluding carboxylic acids is 1. The van der Waals surface area contributed by atoms with Crippen LogP contribution in [0.3, 0.4) is 0 Å². The van der Waals surface area contributed by atoms with Crippen LogP contribution in [0.15, 0.2) is 0 Å². The molecule has 3 heteroatoms. The molecule has 0 fully saturated rings. The van der Waals surface area contributed by atoms with Crippen LogP contribution in [0.1, 0.15) is 52.9 Å². The van der Waals surface area contributed by atoms with Crippen LogP contribution in [0.4, 0.5) is 0 Å². The van der Waals surface area contributed by atoms with Gasteiger partial charge in [-0.3, -0.25) is 4.79 Å². The molecule has 1 unspecified atom stereocenters. The number of unbranched alkanes of at least 4 members (excludes halogenated alkanes) is 2. The minimum absolute atomic E-state index is 0.181. The monoisotopic (exact) mass is 214 g/mol. The smallest absolute Gasteiger partial charge is 0.220 e. The van der Waals surface area contributed by atoms with Crippen molar-refractivity contribution in [2.75, 3.05) is 6.54 Å². The number of hydrogen-bond donors (Lipinski definition) is 2. The van der Waals surface area contributed by atoms with Crippen LogP contribution >= 0.6 is 0 Å². The molecule has 0 saturated heterocycles. The fourth-order valence-corrected chi connectivity index (χ4v) is 1.72. The van der Waals surface area contributed by atoms with E-state index in [9.17, 15) is 4.79 Å². The third-order valence-electron chi connectivity index (χ3n) is 2.34. The van der Waals surface area contributed by atoms with Gasteiger partial charge in [0, 0.05) is 12.5 Å². The zero-order valence-corrected chi connectivity index (χ0v) is 10.4. The van der Waals surface area contributed by atoms with E-state index in [1.165, 1.54) is 0 Å². The van der Waals surface area contributed by atoms with Crippen LogP contribution in [-0.4, -0.2) is 18.5 Å². The van der Waals surface area contributed by atoms with E-state index in [1.807, 2.05) is 0 Å². The molecule has 0 aliphatic heterocycles. The number of amides is 1. The highest BCUT2D eigenvalue weighted by molar-refractivity contribution is 5.76. The first kappa shape index (κ1) is 14.4. The number of hydrogen-bond acceptors (Lipinski definition) is 2. The summed E-state index contributed by atoms with van der Waals surface area (Å²) in [7, 11) is 0. The molecule has 0 saturated carbocycles. The highest BCUT2D eigenvalue weighted by atomic mass is 16.1. The van der Waals surface area contributed by atoms with E-state index in [1.54, 1.807) is 0 Å². The Morgan fingerprint density at radius 3 is 2.40 bits per heavy atom. The van der Waals surface area contributed by atoms with Gasteiger partial charge < -0.3 is 11.1 Å². The summed E-state index contributed by atoms with van der Waals surface area (Å²) in [5, 5.41) is 3.02. The van der Waals surface area contributed by atoms with Gasteiger partial charge in [0.1, 0.15) is 0 Å². The maximum atomic E-state index is 11.5. The molecule has 0 rings (SSSR count). The van der Waals surface area contributed by atoms with E-state index < -0.39 is 0 Å². The van der Waals surface area contributed by atoms with Crippen LogP contribution in [-0.2, 0) is 4.79 Å². The summed E-state index contributed by atoms with van der Waals surface area (Å²) in [6.07, 6.45) is 4.73. The van der Waals surface area contributed by atoms with Gasteiger partial charge in [-0.1, -0.05) is 20.3 Å². The second-order valence-electron chi connectivity index (χ2n) is 4.70. The summed E-state index contributed by atoms with van der Waals surface area (Å²) in [4.78, 5) is 11.5. The Morgan fingerprint density at radius 2 is 1.87 bits per heavy atom. The van der Waals surface area contributed by atoms with Crippen molar-refractivity contribution in [3.8, 4) is 0 Å². The number of carbonyl (C=O) groups is 1. The standard InChI is InChI=1S/C12H26N2O/c1-10(2)9-11(3)14-12(15)7-5-4-6-8-13/h10-11H,4-9,13H2,1-3H3,(H,14,15). The lowest BCUT2D eigenvalue weighted by Crippen LogP contribution is -2.33. The van der Waals surface area contributed by atoms with Gasteiger partial charge in [-0.2, -0.15) is 0 Å². The zero-order valence-electron chi connectivity index (χ0n) is 10.4. The van der Waals surface area contributed by atoms with Crippen LogP contribution in [0.25, 0.3) is 0 Å². The summed E-state index contributed by atoms with van der Waals surface area (Å²) in [5.74, 6) is 0.817. The van der Waals surface area contributed by atoms with Crippen molar-refractivity contribution < 1.29 is 4.79 Å². The predicted octanol–water partition coefficient (Wildman–Crippen LogP) is 2.06. The third kappa shape index (κ3) is 9.73. The average Bonchev–Trinajstić information content (AvgIpc) is 2.10. The normalized spacial score (nSPS) is 12.9. The van der Waals surface area contributed by atoms with E-state index in [0.717, 1.165) is 32.2 Å². The van der Waals surface area contributed by atoms with Crippen LogP contribution in [0.5, 0.6) is 0 Å². The van der Waals surface area contributed by atoms with Crippen molar-refractivity contribution in [2.24, 2.45) is 11.7 Å². The molecule has 0 aliphatic carbocycles. The highest BCUT2D eigenvalue weighted by Crippen LogP contribution is 2.05. The third-order valence-corrected chi connectivity index (χ3v) is 2.34. The van der Waals surface area contributed by atoms with Gasteiger partial charge in [-0.05, 0) is 38.6 Å². The lowest BCUT2D eigenvalue weighted by molar-refractivity contribution is -0.121. The van der Waals surface area contributed by atoms with E-state index in [-0.39, 0.29) is 5.91 Å². The van der Waals surface area contributed by atoms with Gasteiger partial charge in [0.25, 0.3) is 0 Å². The SMILES string of the molecule is CC(C)CC(C)NC(=O)CCCCCN. The van der Waals surface area contributed by atoms with Crippen LogP contribution < -0.4 is 11.1 Å². The summed E-state index contributed by atoms with van der Waals surface area (Å²) in [5.41, 5.74) is 5.38. The van der Waals surface area contributed by atoms with Crippen molar-refractivity contribution in [2.45, 2.75) is 58.9 Å². The summed E-state index contributed by atoms with van der Waals surface area (Å²) in [6.45, 7) is 7.14.